The zero-order valence-electron chi connectivity index (χ0n) is 6.86. The van der Waals surface area contributed by atoms with Crippen LogP contribution in [0, 0.1) is 11.8 Å². The molecule has 0 aliphatic carbocycles. The van der Waals surface area contributed by atoms with Gasteiger partial charge < -0.3 is 9.84 Å². The second-order valence-corrected chi connectivity index (χ2v) is 3.38. The van der Waals surface area contributed by atoms with Crippen molar-refractivity contribution in [3.05, 3.63) is 12.2 Å². The molecule has 6 heteroatoms. The van der Waals surface area contributed by atoms with Gasteiger partial charge in [-0.3, -0.25) is 4.79 Å². The maximum Gasteiger partial charge on any atom is 0.395 e. The van der Waals surface area contributed by atoms with E-state index < -0.39 is 36.2 Å². The average Bonchev–Trinajstić information content (AvgIpc) is 2.58. The van der Waals surface area contributed by atoms with E-state index in [2.05, 4.69) is 0 Å². The van der Waals surface area contributed by atoms with Crippen LogP contribution in [0.1, 0.15) is 0 Å². The molecule has 0 saturated carbocycles. The number of hydrogen-bond donors (Lipinski definition) is 1. The molecule has 0 aromatic rings. The van der Waals surface area contributed by atoms with E-state index in [9.17, 15) is 18.0 Å². The van der Waals surface area contributed by atoms with Gasteiger partial charge in [-0.1, -0.05) is 12.2 Å². The predicted octanol–water partition coefficient (Wildman–Crippen LogP) is 1.20. The Hall–Kier alpha value is -1.04. The van der Waals surface area contributed by atoms with Crippen LogP contribution < -0.4 is 0 Å². The van der Waals surface area contributed by atoms with E-state index in [-0.39, 0.29) is 0 Å². The lowest BCUT2D eigenvalue weighted by Gasteiger charge is -2.23. The molecule has 0 amide bonds. The fraction of sp³-hybridized carbons (Fsp3) is 0.625. The van der Waals surface area contributed by atoms with Gasteiger partial charge in [-0.15, -0.1) is 0 Å². The highest BCUT2D eigenvalue weighted by atomic mass is 19.4. The second kappa shape index (κ2) is 2.73. The minimum atomic E-state index is -4.52. The summed E-state index contributed by atoms with van der Waals surface area (Å²) in [7, 11) is 0. The Kier molecular flexibility index (Phi) is 1.85. The molecule has 4 atom stereocenters. The maximum atomic E-state index is 12.5. The van der Waals surface area contributed by atoms with Crippen LogP contribution >= 0.6 is 0 Å². The first-order valence-corrected chi connectivity index (χ1v) is 4.04. The molecule has 0 radical (unpaired) electrons. The van der Waals surface area contributed by atoms with E-state index in [1.54, 1.807) is 0 Å². The molecule has 0 unspecified atom stereocenters. The van der Waals surface area contributed by atoms with Crippen molar-refractivity contribution >= 4 is 5.97 Å². The Morgan fingerprint density at radius 3 is 2.29 bits per heavy atom. The van der Waals surface area contributed by atoms with Gasteiger partial charge in [0.25, 0.3) is 0 Å². The molecule has 2 bridgehead atoms. The van der Waals surface area contributed by atoms with Crippen molar-refractivity contribution in [3.63, 3.8) is 0 Å². The van der Waals surface area contributed by atoms with Crippen LogP contribution in [0.25, 0.3) is 0 Å². The molecule has 3 nitrogen and oxygen atoms in total. The van der Waals surface area contributed by atoms with E-state index in [1.165, 1.54) is 12.2 Å². The molecule has 2 heterocycles. The Morgan fingerprint density at radius 1 is 1.29 bits per heavy atom. The van der Waals surface area contributed by atoms with Crippen LogP contribution in [0.2, 0.25) is 0 Å². The monoisotopic (exact) mass is 208 g/mol. The quantitative estimate of drug-likeness (QED) is 0.658. The second-order valence-electron chi connectivity index (χ2n) is 3.38. The van der Waals surface area contributed by atoms with Crippen LogP contribution in [0.15, 0.2) is 12.2 Å². The van der Waals surface area contributed by atoms with Gasteiger partial charge in [-0.2, -0.15) is 13.2 Å². The highest BCUT2D eigenvalue weighted by molar-refractivity contribution is 5.73. The first kappa shape index (κ1) is 9.51. The highest BCUT2D eigenvalue weighted by Gasteiger charge is 2.60. The lowest BCUT2D eigenvalue weighted by atomic mass is 9.82. The van der Waals surface area contributed by atoms with Crippen molar-refractivity contribution in [2.24, 2.45) is 11.8 Å². The first-order chi connectivity index (χ1) is 6.41. The molecule has 2 aliphatic heterocycles. The minimum Gasteiger partial charge on any atom is -0.481 e. The standard InChI is InChI=1S/C8H7F3O3/c9-8(10,11)6-4-2-1-3(14-4)5(6)7(12)13/h1-6H,(H,12,13)/t3-,4+,5-,6+/m0/s1. The van der Waals surface area contributed by atoms with Crippen LogP contribution in [0.4, 0.5) is 13.2 Å². The summed E-state index contributed by atoms with van der Waals surface area (Å²) in [5, 5.41) is 8.66. The van der Waals surface area contributed by atoms with Gasteiger partial charge in [0.1, 0.15) is 11.8 Å². The SMILES string of the molecule is O=C(O)[C@@H]1[C@H](C(F)(F)F)[C@H]2C=C[C@@H]1O2. The number of hydrogen-bond acceptors (Lipinski definition) is 2. The summed E-state index contributed by atoms with van der Waals surface area (Å²) in [6, 6.07) is 0. The third-order valence-electron chi connectivity index (χ3n) is 2.56. The zero-order valence-corrected chi connectivity index (χ0v) is 6.86. The van der Waals surface area contributed by atoms with Crippen LogP contribution in [-0.2, 0) is 9.53 Å². The fourth-order valence-corrected chi connectivity index (χ4v) is 1.99. The normalized spacial score (nSPS) is 40.5. The lowest BCUT2D eigenvalue weighted by molar-refractivity contribution is -0.196. The van der Waals surface area contributed by atoms with Crippen molar-refractivity contribution in [1.82, 2.24) is 0 Å². The molecule has 1 fully saturated rings. The van der Waals surface area contributed by atoms with Gasteiger partial charge in [-0.05, 0) is 0 Å². The smallest absolute Gasteiger partial charge is 0.395 e. The van der Waals surface area contributed by atoms with E-state index >= 15 is 0 Å². The molecule has 1 saturated heterocycles. The third-order valence-corrected chi connectivity index (χ3v) is 2.56. The molecule has 1 N–H and O–H groups in total. The maximum absolute atomic E-state index is 12.5. The van der Waals surface area contributed by atoms with Gasteiger partial charge in [0.05, 0.1) is 12.2 Å². The van der Waals surface area contributed by atoms with E-state index in [0.29, 0.717) is 0 Å². The zero-order chi connectivity index (χ0) is 10.5. The predicted molar refractivity (Wildman–Crippen MR) is 38.5 cm³/mol. The van der Waals surface area contributed by atoms with Crippen LogP contribution in [-0.4, -0.2) is 29.5 Å². The van der Waals surface area contributed by atoms with E-state index in [1.807, 2.05) is 0 Å². The van der Waals surface area contributed by atoms with Gasteiger partial charge in [0, 0.05) is 0 Å². The molecule has 0 aromatic heterocycles. The molecular weight excluding hydrogens is 201 g/mol. The van der Waals surface area contributed by atoms with Gasteiger partial charge in [-0.25, -0.2) is 0 Å². The van der Waals surface area contributed by atoms with Crippen LogP contribution in [0.5, 0.6) is 0 Å². The fourth-order valence-electron chi connectivity index (χ4n) is 1.99. The molecule has 2 rings (SSSR count). The first-order valence-electron chi connectivity index (χ1n) is 4.04. The molecular formula is C8H7F3O3. The Bertz CT molecular complexity index is 297. The van der Waals surface area contributed by atoms with Gasteiger partial charge >= 0.3 is 12.1 Å². The Labute approximate surface area is 77.2 Å². The molecule has 14 heavy (non-hydrogen) atoms. The largest absolute Gasteiger partial charge is 0.481 e. The van der Waals surface area contributed by atoms with Gasteiger partial charge in [0.2, 0.25) is 0 Å². The van der Waals surface area contributed by atoms with E-state index in [4.69, 9.17) is 9.84 Å². The van der Waals surface area contributed by atoms with E-state index in [0.717, 1.165) is 0 Å². The number of aliphatic carboxylic acids is 1. The topological polar surface area (TPSA) is 46.5 Å². The summed E-state index contributed by atoms with van der Waals surface area (Å²) >= 11 is 0. The van der Waals surface area contributed by atoms with Gasteiger partial charge in [0.15, 0.2) is 0 Å². The number of halogens is 3. The van der Waals surface area contributed by atoms with Crippen LogP contribution in [0.3, 0.4) is 0 Å². The number of alkyl halides is 3. The summed E-state index contributed by atoms with van der Waals surface area (Å²) in [5.41, 5.74) is 0. The third kappa shape index (κ3) is 1.21. The average molecular weight is 208 g/mol. The number of ether oxygens (including phenoxy) is 1. The summed E-state index contributed by atoms with van der Waals surface area (Å²) in [4.78, 5) is 10.6. The molecule has 78 valence electrons. The number of carboxylic acids is 1. The molecule has 0 aromatic carbocycles. The Morgan fingerprint density at radius 2 is 1.86 bits per heavy atom. The van der Waals surface area contributed by atoms with Crippen molar-refractivity contribution < 1.29 is 27.8 Å². The highest BCUT2D eigenvalue weighted by Crippen LogP contribution is 2.47. The number of rotatable bonds is 1. The summed E-state index contributed by atoms with van der Waals surface area (Å²) in [6.07, 6.45) is -3.91. The van der Waals surface area contributed by atoms with Crippen molar-refractivity contribution in [3.8, 4) is 0 Å². The Balaban J connectivity index is 2.31. The van der Waals surface area contributed by atoms with Crippen molar-refractivity contribution in [1.29, 1.82) is 0 Å². The summed E-state index contributed by atoms with van der Waals surface area (Å²) < 4.78 is 42.2. The summed E-state index contributed by atoms with van der Waals surface area (Å²) in [5.74, 6) is -4.86. The minimum absolute atomic E-state index is 0.927. The molecule has 2 aliphatic rings. The van der Waals surface area contributed by atoms with Crippen molar-refractivity contribution in [2.45, 2.75) is 18.4 Å². The lowest BCUT2D eigenvalue weighted by Crippen LogP contribution is -2.40. The number of carboxylic acid groups (broad SMARTS) is 1. The summed E-state index contributed by atoms with van der Waals surface area (Å²) in [6.45, 7) is 0. The molecule has 0 spiro atoms. The van der Waals surface area contributed by atoms with Crippen molar-refractivity contribution in [2.75, 3.05) is 0 Å². The number of fused-ring (bicyclic) bond motifs is 2. The number of carbonyl (C=O) groups is 1.